The molecule has 2 aromatic rings. The van der Waals surface area contributed by atoms with E-state index in [4.69, 9.17) is 21.1 Å². The number of rotatable bonds is 6. The molecule has 154 valence electrons. The van der Waals surface area contributed by atoms with Crippen molar-refractivity contribution in [2.24, 2.45) is 5.92 Å². The van der Waals surface area contributed by atoms with E-state index in [0.29, 0.717) is 31.0 Å². The van der Waals surface area contributed by atoms with E-state index < -0.39 is 12.0 Å². The topological polar surface area (TPSA) is 82.5 Å². The summed E-state index contributed by atoms with van der Waals surface area (Å²) in [5.41, 5.74) is 1.17. The van der Waals surface area contributed by atoms with Crippen LogP contribution in [-0.2, 0) is 27.3 Å². The average molecular weight is 418 g/mol. The van der Waals surface area contributed by atoms with Gasteiger partial charge < -0.3 is 14.8 Å². The molecule has 0 bridgehead atoms. The Kier molecular flexibility index (Phi) is 6.16. The molecule has 1 aromatic heterocycles. The largest absolute Gasteiger partial charge is 0.459 e. The lowest BCUT2D eigenvalue weighted by molar-refractivity contribution is -0.148. The van der Waals surface area contributed by atoms with E-state index in [-0.39, 0.29) is 23.1 Å². The SMILES string of the molecule is O=C(OCc1ccccc1)[C@@H]1CCc2c(Cl)nc(NCC3CCOCC3)c(=O)n21. The van der Waals surface area contributed by atoms with Crippen molar-refractivity contribution in [1.29, 1.82) is 0 Å². The Labute approximate surface area is 174 Å². The van der Waals surface area contributed by atoms with Crippen molar-refractivity contribution < 1.29 is 14.3 Å². The van der Waals surface area contributed by atoms with Crippen LogP contribution in [0.25, 0.3) is 0 Å². The monoisotopic (exact) mass is 417 g/mol. The van der Waals surface area contributed by atoms with Gasteiger partial charge in [-0.3, -0.25) is 9.36 Å². The standard InChI is InChI=1S/C21H24ClN3O4/c22-18-16-6-7-17(21(27)29-13-15-4-2-1-3-5-15)25(16)20(26)19(24-18)23-12-14-8-10-28-11-9-14/h1-5,14,17H,6-13H2,(H,23,24)/t17-/m0/s1. The van der Waals surface area contributed by atoms with Crippen molar-refractivity contribution in [2.75, 3.05) is 25.1 Å². The van der Waals surface area contributed by atoms with E-state index >= 15 is 0 Å². The van der Waals surface area contributed by atoms with Crippen LogP contribution in [0.3, 0.4) is 0 Å². The Bertz CT molecular complexity index is 926. The zero-order valence-corrected chi connectivity index (χ0v) is 16.9. The molecule has 1 saturated heterocycles. The van der Waals surface area contributed by atoms with Gasteiger partial charge in [0.2, 0.25) is 0 Å². The number of carbonyl (C=O) groups excluding carboxylic acids is 1. The molecule has 4 rings (SSSR count). The molecule has 0 unspecified atom stereocenters. The minimum Gasteiger partial charge on any atom is -0.459 e. The number of aromatic nitrogens is 2. The summed E-state index contributed by atoms with van der Waals surface area (Å²) in [6.45, 7) is 2.27. The summed E-state index contributed by atoms with van der Waals surface area (Å²) in [6.07, 6.45) is 2.89. The first-order valence-electron chi connectivity index (χ1n) is 9.96. The maximum atomic E-state index is 13.0. The van der Waals surface area contributed by atoms with Gasteiger partial charge in [0, 0.05) is 19.8 Å². The van der Waals surface area contributed by atoms with E-state index in [1.165, 1.54) is 4.57 Å². The summed E-state index contributed by atoms with van der Waals surface area (Å²) in [7, 11) is 0. The summed E-state index contributed by atoms with van der Waals surface area (Å²) in [4.78, 5) is 30.0. The van der Waals surface area contributed by atoms with Gasteiger partial charge in [-0.15, -0.1) is 0 Å². The van der Waals surface area contributed by atoms with Crippen LogP contribution in [0.5, 0.6) is 0 Å². The number of halogens is 1. The van der Waals surface area contributed by atoms with E-state index in [1.54, 1.807) is 0 Å². The first kappa shape index (κ1) is 19.9. The molecule has 0 spiro atoms. The van der Waals surface area contributed by atoms with E-state index in [0.717, 1.165) is 31.6 Å². The van der Waals surface area contributed by atoms with E-state index in [1.807, 2.05) is 30.3 Å². The highest BCUT2D eigenvalue weighted by Gasteiger charge is 2.34. The highest BCUT2D eigenvalue weighted by molar-refractivity contribution is 6.30. The first-order chi connectivity index (χ1) is 14.1. The molecule has 0 amide bonds. The third kappa shape index (κ3) is 4.46. The number of carbonyl (C=O) groups is 1. The van der Waals surface area contributed by atoms with Crippen molar-refractivity contribution >= 4 is 23.4 Å². The van der Waals surface area contributed by atoms with Gasteiger partial charge in [-0.25, -0.2) is 9.78 Å². The van der Waals surface area contributed by atoms with Gasteiger partial charge in [0.05, 0.1) is 5.69 Å². The molecule has 8 heteroatoms. The number of hydrogen-bond donors (Lipinski definition) is 1. The Morgan fingerprint density at radius 3 is 2.76 bits per heavy atom. The fraction of sp³-hybridized carbons (Fsp3) is 0.476. The van der Waals surface area contributed by atoms with Crippen molar-refractivity contribution in [3.05, 3.63) is 57.1 Å². The van der Waals surface area contributed by atoms with Gasteiger partial charge in [-0.1, -0.05) is 41.9 Å². The second kappa shape index (κ2) is 8.97. The average Bonchev–Trinajstić information content (AvgIpc) is 3.21. The predicted molar refractivity (Wildman–Crippen MR) is 109 cm³/mol. The Hall–Kier alpha value is -2.38. The molecule has 0 aliphatic carbocycles. The molecule has 1 N–H and O–H groups in total. The van der Waals surface area contributed by atoms with Gasteiger partial charge in [0.1, 0.15) is 12.6 Å². The van der Waals surface area contributed by atoms with Crippen LogP contribution >= 0.6 is 11.6 Å². The molecule has 1 fully saturated rings. The van der Waals surface area contributed by atoms with Crippen LogP contribution in [0.4, 0.5) is 5.82 Å². The molecular formula is C21H24ClN3O4. The van der Waals surface area contributed by atoms with Crippen LogP contribution in [0.2, 0.25) is 5.15 Å². The molecule has 2 aliphatic rings. The quantitative estimate of drug-likeness (QED) is 0.727. The number of nitrogens with one attached hydrogen (secondary N) is 1. The van der Waals surface area contributed by atoms with Crippen LogP contribution in [0.15, 0.2) is 35.1 Å². The minimum absolute atomic E-state index is 0.175. The molecule has 3 heterocycles. The van der Waals surface area contributed by atoms with Gasteiger partial charge in [-0.05, 0) is 37.2 Å². The molecule has 0 saturated carbocycles. The number of anilines is 1. The van der Waals surface area contributed by atoms with Crippen LogP contribution < -0.4 is 10.9 Å². The second-order valence-electron chi connectivity index (χ2n) is 7.46. The Morgan fingerprint density at radius 2 is 2.00 bits per heavy atom. The van der Waals surface area contributed by atoms with E-state index in [2.05, 4.69) is 10.3 Å². The lowest BCUT2D eigenvalue weighted by Gasteiger charge is -2.22. The lowest BCUT2D eigenvalue weighted by Crippen LogP contribution is -2.33. The molecule has 7 nitrogen and oxygen atoms in total. The van der Waals surface area contributed by atoms with Crippen molar-refractivity contribution in [2.45, 2.75) is 38.3 Å². The maximum Gasteiger partial charge on any atom is 0.329 e. The molecule has 1 atom stereocenters. The number of benzene rings is 1. The van der Waals surface area contributed by atoms with Crippen molar-refractivity contribution in [3.8, 4) is 0 Å². The number of nitrogens with zero attached hydrogens (tertiary/aromatic N) is 2. The predicted octanol–water partition coefficient (Wildman–Crippen LogP) is 2.97. The van der Waals surface area contributed by atoms with Crippen molar-refractivity contribution in [1.82, 2.24) is 9.55 Å². The third-order valence-corrected chi connectivity index (χ3v) is 5.82. The third-order valence-electron chi connectivity index (χ3n) is 5.52. The van der Waals surface area contributed by atoms with Crippen LogP contribution in [-0.4, -0.2) is 35.3 Å². The summed E-state index contributed by atoms with van der Waals surface area (Å²) in [5, 5.41) is 3.40. The molecule has 1 aromatic carbocycles. The normalized spacial score (nSPS) is 19.0. The highest BCUT2D eigenvalue weighted by atomic mass is 35.5. The van der Waals surface area contributed by atoms with Crippen LogP contribution in [0.1, 0.15) is 36.6 Å². The minimum atomic E-state index is -0.676. The summed E-state index contributed by atoms with van der Waals surface area (Å²) in [5.74, 6) is 0.189. The molecule has 0 radical (unpaired) electrons. The second-order valence-corrected chi connectivity index (χ2v) is 7.82. The van der Waals surface area contributed by atoms with Crippen LogP contribution in [0, 0.1) is 5.92 Å². The fourth-order valence-corrected chi connectivity index (χ4v) is 4.13. The first-order valence-corrected chi connectivity index (χ1v) is 10.3. The number of ether oxygens (including phenoxy) is 2. The molecule has 29 heavy (non-hydrogen) atoms. The molecular weight excluding hydrogens is 394 g/mol. The van der Waals surface area contributed by atoms with Crippen molar-refractivity contribution in [3.63, 3.8) is 0 Å². The van der Waals surface area contributed by atoms with Gasteiger partial charge in [-0.2, -0.15) is 0 Å². The number of hydrogen-bond acceptors (Lipinski definition) is 6. The maximum absolute atomic E-state index is 13.0. The molecule has 2 aliphatic heterocycles. The summed E-state index contributed by atoms with van der Waals surface area (Å²) in [6, 6.07) is 8.79. The zero-order chi connectivity index (χ0) is 20.2. The fourth-order valence-electron chi connectivity index (χ4n) is 3.86. The Balaban J connectivity index is 1.49. The summed E-state index contributed by atoms with van der Waals surface area (Å²) < 4.78 is 12.3. The smallest absolute Gasteiger partial charge is 0.329 e. The lowest BCUT2D eigenvalue weighted by atomic mass is 10.0. The number of esters is 1. The highest BCUT2D eigenvalue weighted by Crippen LogP contribution is 2.30. The Morgan fingerprint density at radius 1 is 1.24 bits per heavy atom. The summed E-state index contributed by atoms with van der Waals surface area (Å²) >= 11 is 6.33. The zero-order valence-electron chi connectivity index (χ0n) is 16.1. The van der Waals surface area contributed by atoms with Gasteiger partial charge in [0.25, 0.3) is 5.56 Å². The van der Waals surface area contributed by atoms with E-state index in [9.17, 15) is 9.59 Å². The van der Waals surface area contributed by atoms with Gasteiger partial charge in [0.15, 0.2) is 11.0 Å². The number of fused-ring (bicyclic) bond motifs is 1. The van der Waals surface area contributed by atoms with Gasteiger partial charge >= 0.3 is 5.97 Å².